The molecular formula is C22H27ClO5. The van der Waals surface area contributed by atoms with E-state index in [1.807, 2.05) is 6.07 Å². The van der Waals surface area contributed by atoms with Crippen LogP contribution < -0.4 is 0 Å². The Morgan fingerprint density at radius 1 is 1.00 bits per heavy atom. The van der Waals surface area contributed by atoms with Gasteiger partial charge in [0.15, 0.2) is 0 Å². The molecule has 1 saturated heterocycles. The fourth-order valence-corrected chi connectivity index (χ4v) is 3.95. The molecule has 0 aromatic heterocycles. The average molecular weight is 407 g/mol. The quantitative estimate of drug-likeness (QED) is 0.612. The maximum atomic E-state index is 10.4. The van der Waals surface area contributed by atoms with Crippen LogP contribution in [-0.4, -0.2) is 51.4 Å². The van der Waals surface area contributed by atoms with Crippen LogP contribution in [0, 0.1) is 0 Å². The lowest BCUT2D eigenvalue weighted by atomic mass is 9.87. The third-order valence-electron chi connectivity index (χ3n) is 5.60. The summed E-state index contributed by atoms with van der Waals surface area (Å²) in [6.07, 6.45) is -4.94. The third-order valence-corrected chi connectivity index (χ3v) is 5.94. The maximum Gasteiger partial charge on any atom is 0.113 e. The van der Waals surface area contributed by atoms with Gasteiger partial charge in [0.2, 0.25) is 0 Å². The Balaban J connectivity index is 1.92. The van der Waals surface area contributed by atoms with Gasteiger partial charge < -0.3 is 25.2 Å². The van der Waals surface area contributed by atoms with Crippen molar-refractivity contribution in [1.29, 1.82) is 0 Å². The van der Waals surface area contributed by atoms with E-state index < -0.39 is 37.1 Å². The Labute approximate surface area is 170 Å². The summed E-state index contributed by atoms with van der Waals surface area (Å²) in [5.74, 6) is 0.0169. The van der Waals surface area contributed by atoms with Gasteiger partial charge in [-0.2, -0.15) is 0 Å². The molecule has 1 aliphatic rings. The second kappa shape index (κ2) is 8.91. The monoisotopic (exact) mass is 406 g/mol. The molecule has 2 aromatic rings. The first kappa shape index (κ1) is 21.2. The predicted octanol–water partition coefficient (Wildman–Crippen LogP) is 2.57. The first-order valence-corrected chi connectivity index (χ1v) is 9.93. The fourth-order valence-electron chi connectivity index (χ4n) is 3.67. The van der Waals surface area contributed by atoms with Gasteiger partial charge in [0, 0.05) is 10.9 Å². The van der Waals surface area contributed by atoms with Crippen LogP contribution in [-0.2, 0) is 11.2 Å². The normalized spacial score (nSPS) is 28.9. The number of aryl methyl sites for hydroxylation is 1. The van der Waals surface area contributed by atoms with E-state index in [1.165, 1.54) is 5.56 Å². The number of rotatable bonds is 5. The molecule has 152 valence electrons. The highest BCUT2D eigenvalue weighted by Gasteiger charge is 2.44. The molecule has 6 atom stereocenters. The molecule has 3 rings (SSSR count). The molecule has 1 aliphatic heterocycles. The number of aliphatic hydroxyl groups excluding tert-OH is 4. The highest BCUT2D eigenvalue weighted by molar-refractivity contribution is 6.31. The number of aliphatic hydroxyl groups is 4. The Bertz CT molecular complexity index is 792. The van der Waals surface area contributed by atoms with E-state index in [1.54, 1.807) is 12.1 Å². The van der Waals surface area contributed by atoms with Gasteiger partial charge in [-0.15, -0.1) is 0 Å². The molecule has 6 heteroatoms. The molecule has 1 unspecified atom stereocenters. The van der Waals surface area contributed by atoms with E-state index in [2.05, 4.69) is 38.1 Å². The lowest BCUT2D eigenvalue weighted by Crippen LogP contribution is -2.55. The van der Waals surface area contributed by atoms with Crippen LogP contribution in [0.4, 0.5) is 0 Å². The second-order valence-electron chi connectivity index (χ2n) is 7.35. The molecule has 1 heterocycles. The third kappa shape index (κ3) is 4.10. The van der Waals surface area contributed by atoms with Gasteiger partial charge in [-0.25, -0.2) is 0 Å². The van der Waals surface area contributed by atoms with Gasteiger partial charge >= 0.3 is 0 Å². The average Bonchev–Trinajstić information content (AvgIpc) is 2.72. The minimum Gasteiger partial charge on any atom is -0.394 e. The molecule has 0 radical (unpaired) electrons. The Morgan fingerprint density at radius 3 is 2.29 bits per heavy atom. The number of benzene rings is 2. The molecule has 4 N–H and O–H groups in total. The van der Waals surface area contributed by atoms with Crippen LogP contribution in [0.25, 0.3) is 0 Å². The zero-order chi connectivity index (χ0) is 20.4. The van der Waals surface area contributed by atoms with Crippen LogP contribution in [0.5, 0.6) is 0 Å². The molecule has 28 heavy (non-hydrogen) atoms. The van der Waals surface area contributed by atoms with E-state index in [0.717, 1.165) is 17.5 Å². The highest BCUT2D eigenvalue weighted by Crippen LogP contribution is 2.37. The van der Waals surface area contributed by atoms with Crippen molar-refractivity contribution in [3.63, 3.8) is 0 Å². The van der Waals surface area contributed by atoms with Crippen molar-refractivity contribution >= 4 is 11.6 Å². The molecule has 0 amide bonds. The van der Waals surface area contributed by atoms with Crippen molar-refractivity contribution < 1.29 is 25.2 Å². The summed E-state index contributed by atoms with van der Waals surface area (Å²) in [6, 6.07) is 13.7. The van der Waals surface area contributed by atoms with Crippen molar-refractivity contribution in [2.75, 3.05) is 6.61 Å². The molecule has 0 bridgehead atoms. The van der Waals surface area contributed by atoms with Crippen LogP contribution in [0.15, 0.2) is 42.5 Å². The first-order valence-electron chi connectivity index (χ1n) is 9.56. The lowest BCUT2D eigenvalue weighted by Gasteiger charge is -2.40. The molecule has 0 spiro atoms. The first-order chi connectivity index (χ1) is 13.4. The summed E-state index contributed by atoms with van der Waals surface area (Å²) in [6.45, 7) is 3.71. The van der Waals surface area contributed by atoms with Crippen molar-refractivity contribution in [3.05, 3.63) is 69.7 Å². The van der Waals surface area contributed by atoms with Gasteiger partial charge in [-0.3, -0.25) is 0 Å². The highest BCUT2D eigenvalue weighted by atomic mass is 35.5. The summed E-state index contributed by atoms with van der Waals surface area (Å²) in [4.78, 5) is 0. The van der Waals surface area contributed by atoms with Crippen LogP contribution in [0.2, 0.25) is 5.02 Å². The molecular weight excluding hydrogens is 380 g/mol. The van der Waals surface area contributed by atoms with Crippen LogP contribution >= 0.6 is 11.6 Å². The molecule has 0 aliphatic carbocycles. The van der Waals surface area contributed by atoms with E-state index in [0.29, 0.717) is 10.6 Å². The number of hydrogen-bond acceptors (Lipinski definition) is 5. The largest absolute Gasteiger partial charge is 0.394 e. The van der Waals surface area contributed by atoms with Gasteiger partial charge in [-0.1, -0.05) is 61.8 Å². The lowest BCUT2D eigenvalue weighted by molar-refractivity contribution is -0.231. The minimum absolute atomic E-state index is 0.0169. The number of hydrogen-bond donors (Lipinski definition) is 4. The number of halogens is 1. The SMILES string of the molecule is CCc1ccc(C(C)c2cc([C@@H]3O[C@H](CO)[C@@H](O)[C@H](O)[C@H]3O)ccc2Cl)cc1. The smallest absolute Gasteiger partial charge is 0.113 e. The molecule has 5 nitrogen and oxygen atoms in total. The Hall–Kier alpha value is -1.47. The van der Waals surface area contributed by atoms with Gasteiger partial charge in [0.1, 0.15) is 30.5 Å². The second-order valence-corrected chi connectivity index (χ2v) is 7.75. The summed E-state index contributed by atoms with van der Waals surface area (Å²) < 4.78 is 5.67. The fraction of sp³-hybridized carbons (Fsp3) is 0.455. The summed E-state index contributed by atoms with van der Waals surface area (Å²) in [5, 5.41) is 40.5. The zero-order valence-corrected chi connectivity index (χ0v) is 16.8. The van der Waals surface area contributed by atoms with Crippen LogP contribution in [0.3, 0.4) is 0 Å². The minimum atomic E-state index is -1.41. The van der Waals surface area contributed by atoms with E-state index in [-0.39, 0.29) is 5.92 Å². The van der Waals surface area contributed by atoms with Crippen molar-refractivity contribution in [2.24, 2.45) is 0 Å². The zero-order valence-electron chi connectivity index (χ0n) is 16.0. The molecule has 2 aromatic carbocycles. The van der Waals surface area contributed by atoms with Gasteiger partial charge in [0.25, 0.3) is 0 Å². The van der Waals surface area contributed by atoms with Crippen molar-refractivity contribution in [3.8, 4) is 0 Å². The van der Waals surface area contributed by atoms with Crippen LogP contribution in [0.1, 0.15) is 48.1 Å². The maximum absolute atomic E-state index is 10.4. The van der Waals surface area contributed by atoms with E-state index in [4.69, 9.17) is 16.3 Å². The van der Waals surface area contributed by atoms with E-state index >= 15 is 0 Å². The molecule has 0 saturated carbocycles. The van der Waals surface area contributed by atoms with Crippen molar-refractivity contribution in [2.45, 2.75) is 56.7 Å². The van der Waals surface area contributed by atoms with Gasteiger partial charge in [0.05, 0.1) is 6.61 Å². The Morgan fingerprint density at radius 2 is 1.68 bits per heavy atom. The van der Waals surface area contributed by atoms with E-state index in [9.17, 15) is 20.4 Å². The number of ether oxygens (including phenoxy) is 1. The summed E-state index contributed by atoms with van der Waals surface area (Å²) >= 11 is 6.45. The predicted molar refractivity (Wildman–Crippen MR) is 108 cm³/mol. The summed E-state index contributed by atoms with van der Waals surface area (Å²) in [5.41, 5.74) is 3.89. The standard InChI is InChI=1S/C22H27ClO5/c1-3-13-4-6-14(7-5-13)12(2)16-10-15(8-9-17(16)23)22-21(27)20(26)19(25)18(11-24)28-22/h4-10,12,18-22,24-27H,3,11H2,1-2H3/t12?,18-,19-,20+,21-,22+/m1/s1. The Kier molecular flexibility index (Phi) is 6.76. The topological polar surface area (TPSA) is 90.2 Å². The van der Waals surface area contributed by atoms with Crippen molar-refractivity contribution in [1.82, 2.24) is 0 Å². The molecule has 1 fully saturated rings. The van der Waals surface area contributed by atoms with Gasteiger partial charge in [-0.05, 0) is 34.7 Å². The summed E-state index contributed by atoms with van der Waals surface area (Å²) in [7, 11) is 0.